The van der Waals surface area contributed by atoms with E-state index in [1.807, 2.05) is 37.3 Å². The Morgan fingerprint density at radius 2 is 1.97 bits per heavy atom. The van der Waals surface area contributed by atoms with Crippen molar-refractivity contribution in [1.82, 2.24) is 15.2 Å². The van der Waals surface area contributed by atoms with Gasteiger partial charge in [0.2, 0.25) is 15.7 Å². The second-order valence-electron chi connectivity index (χ2n) is 8.07. The van der Waals surface area contributed by atoms with Crippen LogP contribution in [-0.4, -0.2) is 36.2 Å². The minimum Gasteiger partial charge on any atom is -0.489 e. The van der Waals surface area contributed by atoms with Crippen molar-refractivity contribution in [2.75, 3.05) is 0 Å². The van der Waals surface area contributed by atoms with Crippen LogP contribution in [0.2, 0.25) is 0 Å². The molecule has 1 aromatic heterocycles. The van der Waals surface area contributed by atoms with Crippen LogP contribution >= 0.6 is 0 Å². The molecular formula is C23H24FN3O5S. The van der Waals surface area contributed by atoms with Crippen molar-refractivity contribution in [3.8, 4) is 5.75 Å². The van der Waals surface area contributed by atoms with Crippen LogP contribution in [0.15, 0.2) is 59.5 Å². The molecule has 1 aliphatic carbocycles. The van der Waals surface area contributed by atoms with Crippen molar-refractivity contribution >= 4 is 26.8 Å². The van der Waals surface area contributed by atoms with Crippen LogP contribution in [0.5, 0.6) is 5.75 Å². The minimum atomic E-state index is -4.09. The Bertz CT molecular complexity index is 1280. The molecule has 0 aliphatic heterocycles. The smallest absolute Gasteiger partial charge is 0.282 e. The van der Waals surface area contributed by atoms with E-state index in [1.54, 1.807) is 0 Å². The summed E-state index contributed by atoms with van der Waals surface area (Å²) in [6, 6.07) is 14.2. The molecule has 4 rings (SSSR count). The molecule has 0 radical (unpaired) electrons. The number of aryl methyl sites for hydroxylation is 1. The number of ether oxygens (including phenoxy) is 1. The number of para-hydroxylation sites is 1. The summed E-state index contributed by atoms with van der Waals surface area (Å²) in [6.45, 7) is 2.18. The number of pyridine rings is 1. The number of hydrogen-bond acceptors (Lipinski definition) is 6. The monoisotopic (exact) mass is 473 g/mol. The lowest BCUT2D eigenvalue weighted by atomic mass is 10.00. The molecule has 1 heterocycles. The van der Waals surface area contributed by atoms with Crippen molar-refractivity contribution in [2.24, 2.45) is 0 Å². The number of amides is 1. The maximum atomic E-state index is 15.0. The fourth-order valence-corrected chi connectivity index (χ4v) is 5.44. The lowest BCUT2D eigenvalue weighted by Gasteiger charge is -2.25. The van der Waals surface area contributed by atoms with Gasteiger partial charge in [0, 0.05) is 16.6 Å². The van der Waals surface area contributed by atoms with Crippen LogP contribution in [0.1, 0.15) is 30.5 Å². The van der Waals surface area contributed by atoms with Crippen molar-refractivity contribution in [3.05, 3.63) is 65.9 Å². The van der Waals surface area contributed by atoms with E-state index in [2.05, 4.69) is 9.71 Å². The lowest BCUT2D eigenvalue weighted by Crippen LogP contribution is -2.54. The predicted molar refractivity (Wildman–Crippen MR) is 119 cm³/mol. The van der Waals surface area contributed by atoms with E-state index in [-0.39, 0.29) is 24.3 Å². The highest BCUT2D eigenvalue weighted by molar-refractivity contribution is 7.89. The Morgan fingerprint density at radius 1 is 1.24 bits per heavy atom. The quantitative estimate of drug-likeness (QED) is 0.358. The molecule has 3 N–H and O–H groups in total. The van der Waals surface area contributed by atoms with E-state index >= 15 is 0 Å². The van der Waals surface area contributed by atoms with Gasteiger partial charge in [-0.25, -0.2) is 23.0 Å². The summed E-state index contributed by atoms with van der Waals surface area (Å²) in [4.78, 5) is 16.1. The second kappa shape index (κ2) is 9.05. The van der Waals surface area contributed by atoms with Crippen LogP contribution in [-0.2, 0) is 21.4 Å². The Morgan fingerprint density at radius 3 is 2.70 bits per heavy atom. The third-order valence-electron chi connectivity index (χ3n) is 5.82. The van der Waals surface area contributed by atoms with Gasteiger partial charge in [0.15, 0.2) is 0 Å². The summed E-state index contributed by atoms with van der Waals surface area (Å²) in [7, 11) is -4.09. The minimum absolute atomic E-state index is 0.0845. The summed E-state index contributed by atoms with van der Waals surface area (Å²) < 4.78 is 48.6. The van der Waals surface area contributed by atoms with Gasteiger partial charge in [0.1, 0.15) is 12.4 Å². The van der Waals surface area contributed by atoms with Gasteiger partial charge in [-0.3, -0.25) is 15.0 Å². The summed E-state index contributed by atoms with van der Waals surface area (Å²) >= 11 is 0. The number of hydrogen-bond donors (Lipinski definition) is 3. The maximum absolute atomic E-state index is 15.0. The van der Waals surface area contributed by atoms with Crippen LogP contribution in [0.4, 0.5) is 4.39 Å². The number of nitrogens with one attached hydrogen (secondary N) is 2. The van der Waals surface area contributed by atoms with Crippen LogP contribution in [0.3, 0.4) is 0 Å². The molecule has 0 saturated heterocycles. The first kappa shape index (κ1) is 23.1. The van der Waals surface area contributed by atoms with Crippen LogP contribution < -0.4 is 14.9 Å². The van der Waals surface area contributed by atoms with Crippen LogP contribution in [0, 0.1) is 6.92 Å². The molecule has 2 atom stereocenters. The summed E-state index contributed by atoms with van der Waals surface area (Å²) in [5, 5.41) is 9.77. The molecule has 0 bridgehead atoms. The average molecular weight is 474 g/mol. The standard InChI is InChI=1S/C23H24FN3O5S/c1-15-13-16(19-5-2-3-6-20(19)25-15)14-32-17-8-10-18(11-9-17)33(30,31)27-21-7-4-12-23(21,24)22(28)26-29/h2-3,5-6,8-11,13,21,27,29H,4,7,12,14H2,1H3,(H,26,28)/t21-,23-/m1/s1. The Labute approximate surface area is 190 Å². The normalized spacial score (nSPS) is 20.6. The van der Waals surface area contributed by atoms with Gasteiger partial charge in [0.05, 0.1) is 16.5 Å². The summed E-state index contributed by atoms with van der Waals surface area (Å²) in [5.74, 6) is -0.789. The molecule has 0 spiro atoms. The molecule has 1 fully saturated rings. The first-order valence-electron chi connectivity index (χ1n) is 10.5. The molecular weight excluding hydrogens is 449 g/mol. The number of carbonyl (C=O) groups is 1. The van der Waals surface area contributed by atoms with E-state index in [1.165, 1.54) is 29.7 Å². The Kier molecular flexibility index (Phi) is 6.33. The predicted octanol–water partition coefficient (Wildman–Crippen LogP) is 3.17. The molecule has 2 aromatic carbocycles. The second-order valence-corrected chi connectivity index (χ2v) is 9.78. The van der Waals surface area contributed by atoms with Crippen molar-refractivity contribution in [2.45, 2.75) is 49.4 Å². The summed E-state index contributed by atoms with van der Waals surface area (Å²) in [5.41, 5.74) is 1.47. The first-order valence-corrected chi connectivity index (χ1v) is 12.0. The van der Waals surface area contributed by atoms with Gasteiger partial charge in [-0.1, -0.05) is 18.2 Å². The zero-order chi connectivity index (χ0) is 23.6. The highest BCUT2D eigenvalue weighted by Gasteiger charge is 2.51. The van der Waals surface area contributed by atoms with Gasteiger partial charge >= 0.3 is 0 Å². The van der Waals surface area contributed by atoms with Crippen molar-refractivity contribution in [3.63, 3.8) is 0 Å². The third kappa shape index (κ3) is 4.68. The van der Waals surface area contributed by atoms with Gasteiger partial charge < -0.3 is 4.74 Å². The Hall–Kier alpha value is -3.08. The number of alkyl halides is 1. The lowest BCUT2D eigenvalue weighted by molar-refractivity contribution is -0.142. The highest BCUT2D eigenvalue weighted by Crippen LogP contribution is 2.35. The van der Waals surface area contributed by atoms with Gasteiger partial charge in [-0.05, 0) is 62.6 Å². The van der Waals surface area contributed by atoms with E-state index < -0.39 is 27.6 Å². The number of rotatable bonds is 7. The fraction of sp³-hybridized carbons (Fsp3) is 0.304. The molecule has 33 heavy (non-hydrogen) atoms. The first-order chi connectivity index (χ1) is 15.7. The fourth-order valence-electron chi connectivity index (χ4n) is 4.13. The van der Waals surface area contributed by atoms with E-state index in [0.29, 0.717) is 12.2 Å². The molecule has 10 heteroatoms. The Balaban J connectivity index is 1.47. The molecule has 0 unspecified atom stereocenters. The van der Waals surface area contributed by atoms with Gasteiger partial charge in [-0.2, -0.15) is 0 Å². The zero-order valence-electron chi connectivity index (χ0n) is 17.9. The molecule has 1 amide bonds. The topological polar surface area (TPSA) is 118 Å². The van der Waals surface area contributed by atoms with Gasteiger partial charge in [-0.15, -0.1) is 0 Å². The number of hydroxylamine groups is 1. The van der Waals surface area contributed by atoms with E-state index in [4.69, 9.17) is 9.94 Å². The molecule has 1 saturated carbocycles. The van der Waals surface area contributed by atoms with Crippen LogP contribution in [0.25, 0.3) is 10.9 Å². The number of nitrogens with zero attached hydrogens (tertiary/aromatic N) is 1. The van der Waals surface area contributed by atoms with Gasteiger partial charge in [0.25, 0.3) is 5.91 Å². The SMILES string of the molecule is Cc1cc(COc2ccc(S(=O)(=O)N[C@@H]3CCC[C@]3(F)C(=O)NO)cc2)c2ccccc2n1. The number of fused-ring (bicyclic) bond motifs is 1. The average Bonchev–Trinajstić information content (AvgIpc) is 3.17. The molecule has 174 valence electrons. The van der Waals surface area contributed by atoms with E-state index in [0.717, 1.165) is 22.2 Å². The third-order valence-corrected chi connectivity index (χ3v) is 7.31. The van der Waals surface area contributed by atoms with E-state index in [9.17, 15) is 17.6 Å². The summed E-state index contributed by atoms with van der Waals surface area (Å²) in [6.07, 6.45) is 0.277. The van der Waals surface area contributed by atoms with Crippen molar-refractivity contribution < 1.29 is 27.5 Å². The van der Waals surface area contributed by atoms with Crippen molar-refractivity contribution in [1.29, 1.82) is 0 Å². The number of benzene rings is 2. The number of aromatic nitrogens is 1. The number of carbonyl (C=O) groups excluding carboxylic acids is 1. The molecule has 8 nitrogen and oxygen atoms in total. The zero-order valence-corrected chi connectivity index (χ0v) is 18.7. The number of sulfonamides is 1. The maximum Gasteiger partial charge on any atom is 0.282 e. The number of halogens is 1. The molecule has 3 aromatic rings. The highest BCUT2D eigenvalue weighted by atomic mass is 32.2. The molecule has 1 aliphatic rings. The largest absolute Gasteiger partial charge is 0.489 e.